The molecule has 3 rings (SSSR count). The van der Waals surface area contributed by atoms with Crippen LogP contribution < -0.4 is 4.90 Å². The number of fused-ring (bicyclic) bond motifs is 1. The lowest BCUT2D eigenvalue weighted by molar-refractivity contribution is -0.122. The molecule has 0 saturated carbocycles. The van der Waals surface area contributed by atoms with Crippen LogP contribution in [-0.4, -0.2) is 71.1 Å². The second-order valence-corrected chi connectivity index (χ2v) is 10.7. The van der Waals surface area contributed by atoms with E-state index in [1.807, 2.05) is 4.57 Å². The van der Waals surface area contributed by atoms with Crippen molar-refractivity contribution in [3.63, 3.8) is 0 Å². The number of thioether (sulfide) groups is 1. The molecule has 3 heterocycles. The van der Waals surface area contributed by atoms with E-state index in [-0.39, 0.29) is 30.4 Å². The summed E-state index contributed by atoms with van der Waals surface area (Å²) in [4.78, 5) is 15.4. The molecule has 29 heavy (non-hydrogen) atoms. The first-order chi connectivity index (χ1) is 13.4. The van der Waals surface area contributed by atoms with Gasteiger partial charge < -0.3 is 14.2 Å². The standard InChI is InChI=1S/C14H17N3O8S4/c1-15-5-3-9-12(15)27-13(16(9)4-2-7-28(19,20)21)10-11(18)17(14(26)25-10)6-8-29(22,23)24/h3,5H,2,4,6-8H2,1H3,(H,19,20,21)(H,22,23,24)/b13-10+. The van der Waals surface area contributed by atoms with Crippen molar-refractivity contribution in [2.75, 3.05) is 29.5 Å². The summed E-state index contributed by atoms with van der Waals surface area (Å²) in [6, 6.07) is 1.79. The highest BCUT2D eigenvalue weighted by Crippen LogP contribution is 2.48. The second-order valence-electron chi connectivity index (χ2n) is 6.26. The Balaban J connectivity index is 1.89. The molecular formula is C14H17N3O8S4. The highest BCUT2D eigenvalue weighted by molar-refractivity contribution is 8.03. The molecule has 15 heteroatoms. The van der Waals surface area contributed by atoms with Crippen LogP contribution in [0.1, 0.15) is 6.42 Å². The zero-order chi connectivity index (χ0) is 21.6. The van der Waals surface area contributed by atoms with Crippen LogP contribution in [0.5, 0.6) is 0 Å². The zero-order valence-electron chi connectivity index (χ0n) is 15.0. The molecule has 0 atom stereocenters. The molecule has 0 aliphatic carbocycles. The number of ether oxygens (including phenoxy) is 1. The maximum absolute atomic E-state index is 12.8. The fraction of sp³-hybridized carbons (Fsp3) is 0.429. The first-order valence-corrected chi connectivity index (χ1v) is 12.6. The van der Waals surface area contributed by atoms with Crippen LogP contribution in [0.3, 0.4) is 0 Å². The molecule has 2 N–H and O–H groups in total. The van der Waals surface area contributed by atoms with E-state index in [1.54, 1.807) is 24.2 Å². The summed E-state index contributed by atoms with van der Waals surface area (Å²) in [7, 11) is -6.63. The molecular weight excluding hydrogens is 466 g/mol. The van der Waals surface area contributed by atoms with Crippen molar-refractivity contribution >= 4 is 61.0 Å². The Hall–Kier alpha value is -1.65. The highest BCUT2D eigenvalue weighted by atomic mass is 32.2. The van der Waals surface area contributed by atoms with Gasteiger partial charge in [0.25, 0.3) is 31.3 Å². The summed E-state index contributed by atoms with van der Waals surface area (Å²) in [5.74, 6) is -1.92. The van der Waals surface area contributed by atoms with Gasteiger partial charge in [-0.3, -0.25) is 18.8 Å². The molecule has 2 aliphatic rings. The van der Waals surface area contributed by atoms with Crippen LogP contribution in [0.2, 0.25) is 0 Å². The Kier molecular flexibility index (Phi) is 5.99. The van der Waals surface area contributed by atoms with Crippen LogP contribution in [0.4, 0.5) is 5.69 Å². The van der Waals surface area contributed by atoms with E-state index in [0.29, 0.717) is 5.03 Å². The van der Waals surface area contributed by atoms with Gasteiger partial charge in [-0.1, -0.05) is 0 Å². The molecule has 0 unspecified atom stereocenters. The first-order valence-electron chi connectivity index (χ1n) is 8.16. The summed E-state index contributed by atoms with van der Waals surface area (Å²) < 4.78 is 69.1. The van der Waals surface area contributed by atoms with E-state index in [0.717, 1.165) is 15.6 Å². The van der Waals surface area contributed by atoms with Crippen molar-refractivity contribution in [3.05, 3.63) is 23.1 Å². The number of carbonyl (C=O) groups excluding carboxylic acids is 1. The summed E-state index contributed by atoms with van der Waals surface area (Å²) in [6.45, 7) is -0.190. The van der Waals surface area contributed by atoms with Crippen LogP contribution in [0.15, 0.2) is 28.1 Å². The SMILES string of the molecule is Cn1ccc2c1S/C(=C1/OC(=S)N(CCS(=O)(=O)O)C1=O)N2CCCS(=O)(=O)O. The summed E-state index contributed by atoms with van der Waals surface area (Å²) in [5, 5.41) is 0.928. The molecule has 1 saturated heterocycles. The van der Waals surface area contributed by atoms with Gasteiger partial charge in [0.05, 0.1) is 17.2 Å². The van der Waals surface area contributed by atoms with E-state index in [9.17, 15) is 21.6 Å². The number of nitrogens with zero attached hydrogens (tertiary/aromatic N) is 3. The molecule has 160 valence electrons. The average Bonchev–Trinajstić information content (AvgIpc) is 3.19. The van der Waals surface area contributed by atoms with Crippen molar-refractivity contribution in [1.29, 1.82) is 0 Å². The second kappa shape index (κ2) is 7.88. The number of aryl methyl sites for hydroxylation is 1. The summed E-state index contributed by atoms with van der Waals surface area (Å²) >= 11 is 6.23. The Labute approximate surface area is 176 Å². The number of amides is 1. The number of hydrogen-bond acceptors (Lipinski definition) is 9. The van der Waals surface area contributed by atoms with Crippen molar-refractivity contribution in [3.8, 4) is 0 Å². The molecule has 1 amide bonds. The number of hydrogen-bond donors (Lipinski definition) is 2. The van der Waals surface area contributed by atoms with Crippen LogP contribution >= 0.6 is 24.0 Å². The maximum Gasteiger partial charge on any atom is 0.299 e. The third kappa shape index (κ3) is 4.92. The van der Waals surface area contributed by atoms with Crippen LogP contribution in [-0.2, 0) is 36.8 Å². The lowest BCUT2D eigenvalue weighted by Gasteiger charge is -2.19. The molecule has 2 aliphatic heterocycles. The van der Waals surface area contributed by atoms with E-state index in [1.165, 1.54) is 11.8 Å². The smallest absolute Gasteiger partial charge is 0.299 e. The van der Waals surface area contributed by atoms with Crippen LogP contribution in [0.25, 0.3) is 0 Å². The van der Waals surface area contributed by atoms with E-state index >= 15 is 0 Å². The van der Waals surface area contributed by atoms with Gasteiger partial charge in [0.15, 0.2) is 0 Å². The molecule has 0 radical (unpaired) electrons. The van der Waals surface area contributed by atoms with Crippen molar-refractivity contribution < 1.29 is 35.5 Å². The average molecular weight is 484 g/mol. The van der Waals surface area contributed by atoms with E-state index in [4.69, 9.17) is 26.1 Å². The molecule has 0 spiro atoms. The minimum absolute atomic E-state index is 0.0929. The molecule has 0 aromatic carbocycles. The Bertz CT molecular complexity index is 1110. The topological polar surface area (TPSA) is 146 Å². The minimum atomic E-state index is -4.30. The van der Waals surface area contributed by atoms with Gasteiger partial charge in [-0.25, -0.2) is 0 Å². The Morgan fingerprint density at radius 2 is 1.76 bits per heavy atom. The maximum atomic E-state index is 12.8. The van der Waals surface area contributed by atoms with Gasteiger partial charge in [-0.2, -0.15) is 16.8 Å². The number of aromatic nitrogens is 1. The summed E-state index contributed by atoms with van der Waals surface area (Å²) in [5.41, 5.74) is 0.731. The monoisotopic (exact) mass is 483 g/mol. The third-order valence-corrected chi connectivity index (χ3v) is 7.22. The van der Waals surface area contributed by atoms with Gasteiger partial charge in [0.2, 0.25) is 5.76 Å². The molecule has 1 aromatic heterocycles. The number of carbonyl (C=O) groups is 1. The fourth-order valence-corrected chi connectivity index (χ4v) is 5.17. The molecule has 1 fully saturated rings. The molecule has 11 nitrogen and oxygen atoms in total. The number of anilines is 1. The van der Waals surface area contributed by atoms with Gasteiger partial charge in [-0.05, 0) is 36.5 Å². The predicted molar refractivity (Wildman–Crippen MR) is 108 cm³/mol. The largest absolute Gasteiger partial charge is 0.423 e. The predicted octanol–water partition coefficient (Wildman–Crippen LogP) is 0.416. The fourth-order valence-electron chi connectivity index (χ4n) is 2.81. The lowest BCUT2D eigenvalue weighted by atomic mass is 10.3. The van der Waals surface area contributed by atoms with Gasteiger partial charge in [-0.15, -0.1) is 0 Å². The van der Waals surface area contributed by atoms with Crippen molar-refractivity contribution in [1.82, 2.24) is 9.47 Å². The van der Waals surface area contributed by atoms with Crippen molar-refractivity contribution in [2.24, 2.45) is 7.05 Å². The molecule has 1 aromatic rings. The minimum Gasteiger partial charge on any atom is -0.423 e. The highest BCUT2D eigenvalue weighted by Gasteiger charge is 2.41. The van der Waals surface area contributed by atoms with E-state index in [2.05, 4.69) is 0 Å². The van der Waals surface area contributed by atoms with E-state index < -0.39 is 37.6 Å². The first kappa shape index (κ1) is 22.0. The summed E-state index contributed by atoms with van der Waals surface area (Å²) in [6.07, 6.45) is 1.89. The molecule has 0 bridgehead atoms. The number of rotatable bonds is 7. The lowest BCUT2D eigenvalue weighted by Crippen LogP contribution is -2.33. The van der Waals surface area contributed by atoms with Gasteiger partial charge in [0, 0.05) is 26.3 Å². The Morgan fingerprint density at radius 1 is 1.10 bits per heavy atom. The van der Waals surface area contributed by atoms with Crippen LogP contribution in [0, 0.1) is 0 Å². The third-order valence-electron chi connectivity index (χ3n) is 4.13. The van der Waals surface area contributed by atoms with Gasteiger partial charge >= 0.3 is 0 Å². The van der Waals surface area contributed by atoms with Gasteiger partial charge in [0.1, 0.15) is 10.1 Å². The zero-order valence-corrected chi connectivity index (χ0v) is 18.3. The number of thiocarbonyl (C=S) groups is 1. The Morgan fingerprint density at radius 3 is 2.38 bits per heavy atom. The normalized spacial score (nSPS) is 19.8. The van der Waals surface area contributed by atoms with Crippen molar-refractivity contribution in [2.45, 2.75) is 11.4 Å². The quantitative estimate of drug-likeness (QED) is 0.316.